The molecule has 3 nitrogen and oxygen atoms in total. The highest BCUT2D eigenvalue weighted by Gasteiger charge is 2.15. The van der Waals surface area contributed by atoms with Gasteiger partial charge in [-0.05, 0) is 31.4 Å². The van der Waals surface area contributed by atoms with Crippen LogP contribution in [0.1, 0.15) is 43.2 Å². The van der Waals surface area contributed by atoms with Crippen LogP contribution in [-0.4, -0.2) is 21.7 Å². The Morgan fingerprint density at radius 3 is 2.82 bits per heavy atom. The number of aromatic nitrogens is 1. The Morgan fingerprint density at radius 1 is 1.41 bits per heavy atom. The van der Waals surface area contributed by atoms with Crippen LogP contribution in [0.5, 0.6) is 0 Å². The number of nitrogens with zero attached hydrogens (tertiary/aromatic N) is 2. The molecule has 0 spiro atoms. The van der Waals surface area contributed by atoms with E-state index in [0.29, 0.717) is 0 Å². The summed E-state index contributed by atoms with van der Waals surface area (Å²) in [5.74, 6) is 0. The first-order valence-electron chi connectivity index (χ1n) is 6.10. The van der Waals surface area contributed by atoms with E-state index in [1.165, 1.54) is 38.3 Å². The van der Waals surface area contributed by atoms with Crippen LogP contribution < -0.4 is 0 Å². The molecule has 1 aromatic heterocycles. The Morgan fingerprint density at radius 2 is 2.18 bits per heavy atom. The second-order valence-electron chi connectivity index (χ2n) is 4.50. The predicted molar refractivity (Wildman–Crippen MR) is 71.1 cm³/mol. The highest BCUT2D eigenvalue weighted by atomic mass is 32.2. The monoisotopic (exact) mass is 250 g/mol. The van der Waals surface area contributed by atoms with Gasteiger partial charge < -0.3 is 5.21 Å². The number of hydrogen-bond donors (Lipinski definition) is 1. The molecule has 0 radical (unpaired) electrons. The summed E-state index contributed by atoms with van der Waals surface area (Å²) in [6, 6.07) is 2.08. The third kappa shape index (κ3) is 3.46. The van der Waals surface area contributed by atoms with Crippen LogP contribution in [0.4, 0.5) is 0 Å². The lowest BCUT2D eigenvalue weighted by molar-refractivity contribution is 0.322. The average molecular weight is 250 g/mol. The van der Waals surface area contributed by atoms with Crippen molar-refractivity contribution in [1.82, 2.24) is 4.98 Å². The highest BCUT2D eigenvalue weighted by Crippen LogP contribution is 2.32. The molecule has 17 heavy (non-hydrogen) atoms. The molecule has 4 heteroatoms. The van der Waals surface area contributed by atoms with Crippen LogP contribution in [0.3, 0.4) is 0 Å². The number of pyridine rings is 1. The molecule has 1 fully saturated rings. The van der Waals surface area contributed by atoms with Crippen LogP contribution in [0.2, 0.25) is 0 Å². The maximum Gasteiger partial charge on any atom is 0.0965 e. The average Bonchev–Trinajstić information content (AvgIpc) is 2.34. The molecular weight excluding hydrogens is 232 g/mol. The van der Waals surface area contributed by atoms with Crippen LogP contribution in [0.25, 0.3) is 0 Å². The van der Waals surface area contributed by atoms with Crippen molar-refractivity contribution >= 4 is 18.0 Å². The number of aryl methyl sites for hydroxylation is 1. The summed E-state index contributed by atoms with van der Waals surface area (Å²) in [6.07, 6.45) is 9.92. The molecule has 1 aliphatic rings. The molecule has 0 unspecified atom stereocenters. The van der Waals surface area contributed by atoms with Crippen molar-refractivity contribution in [3.63, 3.8) is 0 Å². The summed E-state index contributed by atoms with van der Waals surface area (Å²) < 4.78 is 0. The van der Waals surface area contributed by atoms with Gasteiger partial charge in [-0.3, -0.25) is 0 Å². The first-order valence-corrected chi connectivity index (χ1v) is 6.98. The molecule has 0 aromatic carbocycles. The van der Waals surface area contributed by atoms with E-state index in [0.717, 1.165) is 21.4 Å². The topological polar surface area (TPSA) is 45.5 Å². The summed E-state index contributed by atoms with van der Waals surface area (Å²) >= 11 is 1.89. The summed E-state index contributed by atoms with van der Waals surface area (Å²) in [5, 5.41) is 13.4. The fourth-order valence-corrected chi connectivity index (χ4v) is 3.43. The van der Waals surface area contributed by atoms with Crippen LogP contribution in [-0.2, 0) is 0 Å². The van der Waals surface area contributed by atoms with Crippen molar-refractivity contribution in [2.75, 3.05) is 0 Å². The van der Waals surface area contributed by atoms with Gasteiger partial charge in [0.1, 0.15) is 0 Å². The Kier molecular flexibility index (Phi) is 4.42. The maximum atomic E-state index is 8.51. The van der Waals surface area contributed by atoms with Gasteiger partial charge in [0, 0.05) is 17.0 Å². The van der Waals surface area contributed by atoms with Crippen LogP contribution >= 0.6 is 11.8 Å². The summed E-state index contributed by atoms with van der Waals surface area (Å²) in [6.45, 7) is 2.02. The minimum atomic E-state index is 0.730. The SMILES string of the molecule is Cc1cc(SC2CCCCC2)ncc1/C=N/O. The summed E-state index contributed by atoms with van der Waals surface area (Å²) in [4.78, 5) is 4.41. The van der Waals surface area contributed by atoms with E-state index in [4.69, 9.17) is 5.21 Å². The molecule has 1 aromatic rings. The first kappa shape index (κ1) is 12.4. The maximum absolute atomic E-state index is 8.51. The van der Waals surface area contributed by atoms with Crippen molar-refractivity contribution in [2.45, 2.75) is 49.3 Å². The molecule has 1 N–H and O–H groups in total. The number of hydrogen-bond acceptors (Lipinski definition) is 4. The lowest BCUT2D eigenvalue weighted by Gasteiger charge is -2.20. The number of thioether (sulfide) groups is 1. The third-order valence-corrected chi connectivity index (χ3v) is 4.43. The molecule has 0 aliphatic heterocycles. The van der Waals surface area contributed by atoms with Crippen molar-refractivity contribution in [3.8, 4) is 0 Å². The van der Waals surface area contributed by atoms with Crippen LogP contribution in [0.15, 0.2) is 22.4 Å². The van der Waals surface area contributed by atoms with Gasteiger partial charge in [0.15, 0.2) is 0 Å². The Bertz CT molecular complexity index is 400. The highest BCUT2D eigenvalue weighted by molar-refractivity contribution is 7.99. The molecule has 0 amide bonds. The van der Waals surface area contributed by atoms with Gasteiger partial charge in [-0.2, -0.15) is 0 Å². The van der Waals surface area contributed by atoms with E-state index in [9.17, 15) is 0 Å². The van der Waals surface area contributed by atoms with Gasteiger partial charge >= 0.3 is 0 Å². The fourth-order valence-electron chi connectivity index (χ4n) is 2.16. The second-order valence-corrected chi connectivity index (χ2v) is 5.82. The zero-order valence-electron chi connectivity index (χ0n) is 10.1. The van der Waals surface area contributed by atoms with Gasteiger partial charge in [-0.15, -0.1) is 11.8 Å². The minimum absolute atomic E-state index is 0.730. The van der Waals surface area contributed by atoms with Gasteiger partial charge in [-0.1, -0.05) is 24.4 Å². The molecule has 0 atom stereocenters. The van der Waals surface area contributed by atoms with Crippen molar-refractivity contribution in [3.05, 3.63) is 23.4 Å². The zero-order chi connectivity index (χ0) is 12.1. The molecule has 0 bridgehead atoms. The van der Waals surface area contributed by atoms with Crippen LogP contribution in [0, 0.1) is 6.92 Å². The Balaban J connectivity index is 2.03. The number of rotatable bonds is 3. The lowest BCUT2D eigenvalue weighted by atomic mass is 10.0. The van der Waals surface area contributed by atoms with E-state index < -0.39 is 0 Å². The number of oxime groups is 1. The zero-order valence-corrected chi connectivity index (χ0v) is 10.9. The lowest BCUT2D eigenvalue weighted by Crippen LogP contribution is -2.08. The standard InChI is InChI=1S/C13H18N2OS/c1-10-7-13(14-8-11(10)9-15-16)17-12-5-3-2-4-6-12/h7-9,12,16H,2-6H2,1H3/b15-9+. The van der Waals surface area contributed by atoms with E-state index in [-0.39, 0.29) is 0 Å². The van der Waals surface area contributed by atoms with E-state index in [2.05, 4.69) is 16.2 Å². The smallest absolute Gasteiger partial charge is 0.0965 e. The second kappa shape index (κ2) is 6.05. The van der Waals surface area contributed by atoms with E-state index in [1.807, 2.05) is 18.7 Å². The van der Waals surface area contributed by atoms with E-state index >= 15 is 0 Å². The largest absolute Gasteiger partial charge is 0.411 e. The summed E-state index contributed by atoms with van der Waals surface area (Å²) in [5.41, 5.74) is 1.98. The van der Waals surface area contributed by atoms with Gasteiger partial charge in [0.2, 0.25) is 0 Å². The van der Waals surface area contributed by atoms with Crippen molar-refractivity contribution < 1.29 is 5.21 Å². The molecule has 1 heterocycles. The van der Waals surface area contributed by atoms with Crippen molar-refractivity contribution in [2.24, 2.45) is 5.16 Å². The van der Waals surface area contributed by atoms with Gasteiger partial charge in [-0.25, -0.2) is 4.98 Å². The summed E-state index contributed by atoms with van der Waals surface area (Å²) in [7, 11) is 0. The minimum Gasteiger partial charge on any atom is -0.411 e. The third-order valence-electron chi connectivity index (χ3n) is 3.16. The van der Waals surface area contributed by atoms with Crippen molar-refractivity contribution in [1.29, 1.82) is 0 Å². The molecule has 0 saturated heterocycles. The Labute approximate surface area is 106 Å². The van der Waals surface area contributed by atoms with Gasteiger partial charge in [0.05, 0.1) is 11.2 Å². The predicted octanol–water partition coefficient (Wildman–Crippen LogP) is 3.62. The molecule has 2 rings (SSSR count). The first-order chi connectivity index (χ1) is 8.29. The normalized spacial score (nSPS) is 17.7. The Hall–Kier alpha value is -1.03. The molecule has 92 valence electrons. The molecule has 1 aliphatic carbocycles. The van der Waals surface area contributed by atoms with E-state index in [1.54, 1.807) is 6.20 Å². The van der Waals surface area contributed by atoms with Gasteiger partial charge in [0.25, 0.3) is 0 Å². The molecule has 1 saturated carbocycles. The fraction of sp³-hybridized carbons (Fsp3) is 0.538. The quantitative estimate of drug-likeness (QED) is 0.506. The molecular formula is C13H18N2OS.